The maximum atomic E-state index is 6.20. The van der Waals surface area contributed by atoms with Crippen molar-refractivity contribution >= 4 is 23.2 Å². The van der Waals surface area contributed by atoms with Crippen molar-refractivity contribution in [1.29, 1.82) is 0 Å². The molecular formula is C15H16Cl2N2O. The van der Waals surface area contributed by atoms with Crippen LogP contribution in [-0.4, -0.2) is 18.6 Å². The third-order valence-electron chi connectivity index (χ3n) is 2.78. The summed E-state index contributed by atoms with van der Waals surface area (Å²) in [5.74, 6) is 0.682. The molecule has 0 saturated carbocycles. The zero-order valence-electron chi connectivity index (χ0n) is 11.2. The second-order valence-corrected chi connectivity index (χ2v) is 5.17. The van der Waals surface area contributed by atoms with Gasteiger partial charge in [0.2, 0.25) is 0 Å². The average Bonchev–Trinajstić information content (AvgIpc) is 2.43. The Morgan fingerprint density at radius 3 is 2.80 bits per heavy atom. The fourth-order valence-electron chi connectivity index (χ4n) is 1.90. The third-order valence-corrected chi connectivity index (χ3v) is 3.28. The third kappa shape index (κ3) is 4.10. The van der Waals surface area contributed by atoms with Gasteiger partial charge in [-0.25, -0.2) is 0 Å². The van der Waals surface area contributed by atoms with Gasteiger partial charge in [-0.05, 0) is 31.3 Å². The number of pyridine rings is 1. The number of halogens is 2. The highest BCUT2D eigenvalue weighted by Gasteiger charge is 2.10. The van der Waals surface area contributed by atoms with Gasteiger partial charge >= 0.3 is 0 Å². The van der Waals surface area contributed by atoms with Crippen LogP contribution in [0.1, 0.15) is 11.3 Å². The highest BCUT2D eigenvalue weighted by molar-refractivity contribution is 6.35. The molecule has 1 N–H and O–H groups in total. The van der Waals surface area contributed by atoms with E-state index < -0.39 is 0 Å². The number of nitrogens with zero attached hydrogens (tertiary/aromatic N) is 1. The molecule has 5 heteroatoms. The smallest absolute Gasteiger partial charge is 0.142 e. The lowest BCUT2D eigenvalue weighted by Crippen LogP contribution is -2.10. The van der Waals surface area contributed by atoms with E-state index >= 15 is 0 Å². The molecule has 0 spiro atoms. The molecule has 1 aromatic heterocycles. The first-order chi connectivity index (χ1) is 9.70. The molecule has 106 valence electrons. The van der Waals surface area contributed by atoms with Gasteiger partial charge in [0.25, 0.3) is 0 Å². The Morgan fingerprint density at radius 2 is 2.10 bits per heavy atom. The Morgan fingerprint density at radius 1 is 1.25 bits per heavy atom. The monoisotopic (exact) mass is 310 g/mol. The summed E-state index contributed by atoms with van der Waals surface area (Å²) in [6.45, 7) is 1.17. The average molecular weight is 311 g/mol. The first kappa shape index (κ1) is 15.1. The van der Waals surface area contributed by atoms with Crippen molar-refractivity contribution in [3.05, 3.63) is 57.8 Å². The van der Waals surface area contributed by atoms with Crippen molar-refractivity contribution in [3.8, 4) is 5.75 Å². The van der Waals surface area contributed by atoms with E-state index in [0.29, 0.717) is 28.9 Å². The molecule has 0 unspecified atom stereocenters. The molecular weight excluding hydrogens is 295 g/mol. The van der Waals surface area contributed by atoms with Crippen molar-refractivity contribution in [1.82, 2.24) is 10.3 Å². The normalized spacial score (nSPS) is 10.6. The van der Waals surface area contributed by atoms with E-state index in [1.54, 1.807) is 12.3 Å². The molecule has 0 bridgehead atoms. The highest BCUT2D eigenvalue weighted by atomic mass is 35.5. The standard InChI is InChI=1S/C15H16Cl2N2O/c1-18-10-11-8-12(16)9-14(17)15(11)20-7-5-13-4-2-3-6-19-13/h2-4,6,8-9,18H,5,7,10H2,1H3. The number of aromatic nitrogens is 1. The van der Waals surface area contributed by atoms with Crippen LogP contribution >= 0.6 is 23.2 Å². The largest absolute Gasteiger partial charge is 0.491 e. The topological polar surface area (TPSA) is 34.1 Å². The van der Waals surface area contributed by atoms with E-state index in [1.165, 1.54) is 0 Å². The SMILES string of the molecule is CNCc1cc(Cl)cc(Cl)c1OCCc1ccccn1. The summed E-state index contributed by atoms with van der Waals surface area (Å²) in [7, 11) is 1.87. The van der Waals surface area contributed by atoms with Crippen LogP contribution in [0.3, 0.4) is 0 Å². The van der Waals surface area contributed by atoms with E-state index in [2.05, 4.69) is 10.3 Å². The first-order valence-electron chi connectivity index (χ1n) is 6.36. The van der Waals surface area contributed by atoms with Crippen molar-refractivity contribution in [3.63, 3.8) is 0 Å². The molecule has 20 heavy (non-hydrogen) atoms. The fraction of sp³-hybridized carbons (Fsp3) is 0.267. The minimum Gasteiger partial charge on any atom is -0.491 e. The Bertz CT molecular complexity index is 561. The first-order valence-corrected chi connectivity index (χ1v) is 7.11. The molecule has 2 rings (SSSR count). The van der Waals surface area contributed by atoms with Crippen molar-refractivity contribution in [2.45, 2.75) is 13.0 Å². The Kier molecular flexibility index (Phi) is 5.65. The van der Waals surface area contributed by atoms with E-state index in [9.17, 15) is 0 Å². The molecule has 0 amide bonds. The van der Waals surface area contributed by atoms with Gasteiger partial charge in [-0.3, -0.25) is 4.98 Å². The number of hydrogen-bond acceptors (Lipinski definition) is 3. The van der Waals surface area contributed by atoms with E-state index in [4.69, 9.17) is 27.9 Å². The van der Waals surface area contributed by atoms with E-state index in [0.717, 1.165) is 17.7 Å². The summed E-state index contributed by atoms with van der Waals surface area (Å²) in [4.78, 5) is 4.26. The molecule has 1 heterocycles. The predicted molar refractivity (Wildman–Crippen MR) is 82.7 cm³/mol. The summed E-state index contributed by atoms with van der Waals surface area (Å²) in [5, 5.41) is 4.22. The number of rotatable bonds is 6. The van der Waals surface area contributed by atoms with Gasteiger partial charge in [-0.15, -0.1) is 0 Å². The van der Waals surface area contributed by atoms with Crippen molar-refractivity contribution in [2.75, 3.05) is 13.7 Å². The second kappa shape index (κ2) is 7.48. The minimum atomic E-state index is 0.523. The summed E-state index contributed by atoms with van der Waals surface area (Å²) in [5.41, 5.74) is 1.94. The van der Waals surface area contributed by atoms with Crippen molar-refractivity contribution in [2.24, 2.45) is 0 Å². The van der Waals surface area contributed by atoms with Crippen molar-refractivity contribution < 1.29 is 4.74 Å². The van der Waals surface area contributed by atoms with Crippen LogP contribution in [0, 0.1) is 0 Å². The van der Waals surface area contributed by atoms with Crippen LogP contribution in [0.2, 0.25) is 10.0 Å². The van der Waals surface area contributed by atoms with Crippen LogP contribution in [-0.2, 0) is 13.0 Å². The predicted octanol–water partition coefficient (Wildman–Crippen LogP) is 3.73. The molecule has 1 aromatic carbocycles. The maximum absolute atomic E-state index is 6.20. The van der Waals surface area contributed by atoms with Crippen LogP contribution in [0.5, 0.6) is 5.75 Å². The molecule has 0 aliphatic heterocycles. The summed E-state index contributed by atoms with van der Waals surface area (Å²) >= 11 is 12.2. The van der Waals surface area contributed by atoms with Crippen LogP contribution in [0.4, 0.5) is 0 Å². The molecule has 0 radical (unpaired) electrons. The van der Waals surface area contributed by atoms with Gasteiger partial charge in [-0.2, -0.15) is 0 Å². The van der Waals surface area contributed by atoms with Gasteiger partial charge in [0.1, 0.15) is 5.75 Å². The highest BCUT2D eigenvalue weighted by Crippen LogP contribution is 2.32. The summed E-state index contributed by atoms with van der Waals surface area (Å²) < 4.78 is 5.81. The van der Waals surface area contributed by atoms with Gasteiger partial charge in [-0.1, -0.05) is 29.3 Å². The number of nitrogens with one attached hydrogen (secondary N) is 1. The van der Waals surface area contributed by atoms with Crippen LogP contribution < -0.4 is 10.1 Å². The zero-order valence-corrected chi connectivity index (χ0v) is 12.7. The van der Waals surface area contributed by atoms with Crippen LogP contribution in [0.25, 0.3) is 0 Å². The summed E-state index contributed by atoms with van der Waals surface area (Å²) in [6.07, 6.45) is 2.51. The Balaban J connectivity index is 2.05. The number of ether oxygens (including phenoxy) is 1. The summed E-state index contributed by atoms with van der Waals surface area (Å²) in [6, 6.07) is 9.38. The lowest BCUT2D eigenvalue weighted by molar-refractivity contribution is 0.317. The quantitative estimate of drug-likeness (QED) is 0.882. The van der Waals surface area contributed by atoms with Crippen LogP contribution in [0.15, 0.2) is 36.5 Å². The lowest BCUT2D eigenvalue weighted by Gasteiger charge is -2.13. The van der Waals surface area contributed by atoms with Gasteiger partial charge in [0.05, 0.1) is 11.6 Å². The van der Waals surface area contributed by atoms with Gasteiger partial charge in [0.15, 0.2) is 0 Å². The Labute approximate surface area is 128 Å². The zero-order chi connectivity index (χ0) is 14.4. The molecule has 0 fully saturated rings. The molecule has 2 aromatic rings. The number of hydrogen-bond donors (Lipinski definition) is 1. The molecule has 0 aliphatic carbocycles. The van der Waals surface area contributed by atoms with E-state index in [1.807, 2.05) is 31.3 Å². The Hall–Kier alpha value is -1.29. The minimum absolute atomic E-state index is 0.523. The van der Waals surface area contributed by atoms with Gasteiger partial charge < -0.3 is 10.1 Å². The van der Waals surface area contributed by atoms with Gasteiger partial charge in [0, 0.05) is 35.4 Å². The second-order valence-electron chi connectivity index (χ2n) is 4.33. The van der Waals surface area contributed by atoms with E-state index in [-0.39, 0.29) is 0 Å². The molecule has 3 nitrogen and oxygen atoms in total. The maximum Gasteiger partial charge on any atom is 0.142 e. The lowest BCUT2D eigenvalue weighted by atomic mass is 10.2. The molecule has 0 aliphatic rings. The number of benzene rings is 1. The molecule has 0 atom stereocenters. The molecule has 0 saturated heterocycles. The fourth-order valence-corrected chi connectivity index (χ4v) is 2.49.